The van der Waals surface area contributed by atoms with Crippen LogP contribution >= 0.6 is 0 Å². The topological polar surface area (TPSA) is 124 Å². The molecule has 1 aliphatic carbocycles. The van der Waals surface area contributed by atoms with E-state index >= 15 is 0 Å². The Labute approximate surface area is 178 Å². The molecule has 0 bridgehead atoms. The maximum absolute atomic E-state index is 6.24. The standard InChI is InChI=1S/C21H24N10/c22-20-17(21-28-27-19-4-3-18(29-31(19)21)26-15-1-2-15)9-13(10-24-20)14-11-25-30(12-14)16-5-7-23-8-6-16/h3-4,9-12,15-16,23H,1-2,5-8H2,(H2,22,24)(H,26,29). The van der Waals surface area contributed by atoms with Crippen molar-refractivity contribution in [2.45, 2.75) is 37.8 Å². The van der Waals surface area contributed by atoms with E-state index in [1.165, 1.54) is 12.8 Å². The maximum atomic E-state index is 6.24. The van der Waals surface area contributed by atoms with Crippen molar-refractivity contribution in [2.75, 3.05) is 24.1 Å². The number of pyridine rings is 1. The van der Waals surface area contributed by atoms with Crippen molar-refractivity contribution in [3.05, 3.63) is 36.8 Å². The number of rotatable bonds is 5. The van der Waals surface area contributed by atoms with Gasteiger partial charge in [0, 0.05) is 29.6 Å². The van der Waals surface area contributed by atoms with Crippen LogP contribution in [0.1, 0.15) is 31.7 Å². The first-order valence-corrected chi connectivity index (χ1v) is 10.7. The van der Waals surface area contributed by atoms with Crippen molar-refractivity contribution in [3.63, 3.8) is 0 Å². The van der Waals surface area contributed by atoms with Gasteiger partial charge in [-0.3, -0.25) is 4.68 Å². The lowest BCUT2D eigenvalue weighted by atomic mass is 10.1. The third-order valence-corrected chi connectivity index (χ3v) is 5.97. The van der Waals surface area contributed by atoms with Crippen LogP contribution in [0.4, 0.5) is 11.6 Å². The molecule has 10 nitrogen and oxygen atoms in total. The normalized spacial score (nSPS) is 17.3. The van der Waals surface area contributed by atoms with E-state index in [1.807, 2.05) is 24.4 Å². The summed E-state index contributed by atoms with van der Waals surface area (Å²) in [6.45, 7) is 2.05. The lowest BCUT2D eigenvalue weighted by molar-refractivity contribution is 0.343. The monoisotopic (exact) mass is 416 g/mol. The molecule has 4 aromatic heterocycles. The summed E-state index contributed by atoms with van der Waals surface area (Å²) in [6.07, 6.45) is 10.3. The van der Waals surface area contributed by atoms with Gasteiger partial charge >= 0.3 is 0 Å². The number of aromatic nitrogens is 7. The van der Waals surface area contributed by atoms with Crippen LogP contribution in [0.25, 0.3) is 28.2 Å². The second-order valence-electron chi connectivity index (χ2n) is 8.28. The van der Waals surface area contributed by atoms with Gasteiger partial charge in [-0.15, -0.1) is 15.3 Å². The van der Waals surface area contributed by atoms with E-state index in [0.717, 1.165) is 42.9 Å². The molecular weight excluding hydrogens is 392 g/mol. The van der Waals surface area contributed by atoms with Gasteiger partial charge in [0.2, 0.25) is 0 Å². The number of fused-ring (bicyclic) bond motifs is 1. The van der Waals surface area contributed by atoms with Crippen LogP contribution in [0.5, 0.6) is 0 Å². The summed E-state index contributed by atoms with van der Waals surface area (Å²) in [4.78, 5) is 4.43. The van der Waals surface area contributed by atoms with Gasteiger partial charge in [-0.05, 0) is 57.0 Å². The summed E-state index contributed by atoms with van der Waals surface area (Å²) < 4.78 is 3.79. The van der Waals surface area contributed by atoms with Crippen molar-refractivity contribution in [2.24, 2.45) is 0 Å². The second kappa shape index (κ2) is 7.31. The van der Waals surface area contributed by atoms with Crippen molar-refractivity contribution >= 4 is 17.3 Å². The van der Waals surface area contributed by atoms with Gasteiger partial charge < -0.3 is 16.4 Å². The molecule has 0 amide bonds. The lowest BCUT2D eigenvalue weighted by Gasteiger charge is -2.22. The van der Waals surface area contributed by atoms with Gasteiger partial charge in [-0.1, -0.05) is 0 Å². The molecule has 158 valence electrons. The first kappa shape index (κ1) is 18.3. The lowest BCUT2D eigenvalue weighted by Crippen LogP contribution is -2.29. The summed E-state index contributed by atoms with van der Waals surface area (Å²) in [6, 6.07) is 6.77. The van der Waals surface area contributed by atoms with Crippen LogP contribution in [-0.2, 0) is 0 Å². The van der Waals surface area contributed by atoms with Crippen LogP contribution < -0.4 is 16.4 Å². The van der Waals surface area contributed by atoms with Crippen LogP contribution in [-0.4, -0.2) is 53.7 Å². The van der Waals surface area contributed by atoms with Crippen molar-refractivity contribution < 1.29 is 0 Å². The Balaban J connectivity index is 1.36. The highest BCUT2D eigenvalue weighted by Gasteiger charge is 2.22. The van der Waals surface area contributed by atoms with Crippen LogP contribution in [0.3, 0.4) is 0 Å². The molecule has 2 fully saturated rings. The van der Waals surface area contributed by atoms with Crippen LogP contribution in [0.15, 0.2) is 36.8 Å². The third-order valence-electron chi connectivity index (χ3n) is 5.97. The minimum atomic E-state index is 0.395. The number of anilines is 2. The van der Waals surface area contributed by atoms with E-state index in [9.17, 15) is 0 Å². The second-order valence-corrected chi connectivity index (χ2v) is 8.28. The highest BCUT2D eigenvalue weighted by molar-refractivity contribution is 5.76. The minimum Gasteiger partial charge on any atom is -0.383 e. The summed E-state index contributed by atoms with van der Waals surface area (Å²) in [5.41, 5.74) is 9.55. The van der Waals surface area contributed by atoms with E-state index < -0.39 is 0 Å². The number of hydrogen-bond donors (Lipinski definition) is 3. The number of nitrogens with zero attached hydrogens (tertiary/aromatic N) is 7. The molecule has 2 aliphatic rings. The summed E-state index contributed by atoms with van der Waals surface area (Å²) in [5, 5.41) is 24.7. The Bertz CT molecular complexity index is 1230. The molecule has 1 aliphatic heterocycles. The molecule has 0 radical (unpaired) electrons. The molecule has 10 heteroatoms. The fourth-order valence-electron chi connectivity index (χ4n) is 4.04. The van der Waals surface area contributed by atoms with E-state index in [2.05, 4.69) is 46.9 Å². The quantitative estimate of drug-likeness (QED) is 0.452. The average Bonchev–Trinajstić information content (AvgIpc) is 3.31. The minimum absolute atomic E-state index is 0.395. The number of hydrogen-bond acceptors (Lipinski definition) is 8. The first-order valence-electron chi connectivity index (χ1n) is 10.7. The smallest absolute Gasteiger partial charge is 0.189 e. The molecule has 4 N–H and O–H groups in total. The Kier molecular flexibility index (Phi) is 4.30. The number of piperidine rings is 1. The van der Waals surface area contributed by atoms with Gasteiger partial charge in [0.25, 0.3) is 0 Å². The highest BCUT2D eigenvalue weighted by atomic mass is 15.4. The van der Waals surface area contributed by atoms with Gasteiger partial charge in [-0.2, -0.15) is 9.61 Å². The predicted molar refractivity (Wildman–Crippen MR) is 117 cm³/mol. The van der Waals surface area contributed by atoms with Gasteiger partial charge in [0.05, 0.1) is 17.8 Å². The molecular formula is C21H24N10. The Morgan fingerprint density at radius 2 is 1.90 bits per heavy atom. The molecule has 6 rings (SSSR count). The van der Waals surface area contributed by atoms with Crippen molar-refractivity contribution in [1.29, 1.82) is 0 Å². The molecule has 0 aromatic carbocycles. The van der Waals surface area contributed by atoms with E-state index in [-0.39, 0.29) is 0 Å². The molecule has 1 saturated heterocycles. The molecule has 31 heavy (non-hydrogen) atoms. The Hall–Kier alpha value is -3.53. The molecule has 5 heterocycles. The Morgan fingerprint density at radius 3 is 2.74 bits per heavy atom. The zero-order chi connectivity index (χ0) is 20.8. The van der Waals surface area contributed by atoms with E-state index in [4.69, 9.17) is 5.73 Å². The molecule has 0 unspecified atom stereocenters. The first-order chi connectivity index (χ1) is 15.2. The number of nitrogens with two attached hydrogens (primary N) is 1. The third kappa shape index (κ3) is 3.48. The number of nitrogens with one attached hydrogen (secondary N) is 2. The molecule has 4 aromatic rings. The van der Waals surface area contributed by atoms with Crippen molar-refractivity contribution in [3.8, 4) is 22.5 Å². The van der Waals surface area contributed by atoms with Gasteiger partial charge in [0.1, 0.15) is 11.6 Å². The largest absolute Gasteiger partial charge is 0.383 e. The molecule has 0 spiro atoms. The molecule has 0 atom stereocenters. The fraction of sp³-hybridized carbons (Fsp3) is 0.381. The zero-order valence-corrected chi connectivity index (χ0v) is 17.1. The zero-order valence-electron chi connectivity index (χ0n) is 17.1. The summed E-state index contributed by atoms with van der Waals surface area (Å²) >= 11 is 0. The van der Waals surface area contributed by atoms with Crippen LogP contribution in [0.2, 0.25) is 0 Å². The predicted octanol–water partition coefficient (Wildman–Crippen LogP) is 2.13. The van der Waals surface area contributed by atoms with E-state index in [1.54, 1.807) is 10.7 Å². The SMILES string of the molecule is Nc1ncc(-c2cnn(C3CCNCC3)c2)cc1-c1nnc2ccc(NC3CC3)nn12. The van der Waals surface area contributed by atoms with Crippen molar-refractivity contribution in [1.82, 2.24) is 39.9 Å². The van der Waals surface area contributed by atoms with Gasteiger partial charge in [-0.25, -0.2) is 4.98 Å². The highest BCUT2D eigenvalue weighted by Crippen LogP contribution is 2.30. The number of nitrogen functional groups attached to an aromatic ring is 1. The van der Waals surface area contributed by atoms with Gasteiger partial charge in [0.15, 0.2) is 11.5 Å². The summed E-state index contributed by atoms with van der Waals surface area (Å²) in [7, 11) is 0. The fourth-order valence-corrected chi connectivity index (χ4v) is 4.04. The Morgan fingerprint density at radius 1 is 1.03 bits per heavy atom. The van der Waals surface area contributed by atoms with E-state index in [0.29, 0.717) is 34.9 Å². The summed E-state index contributed by atoms with van der Waals surface area (Å²) in [5.74, 6) is 1.78. The van der Waals surface area contributed by atoms with Crippen LogP contribution in [0, 0.1) is 0 Å². The average molecular weight is 416 g/mol. The maximum Gasteiger partial charge on any atom is 0.189 e. The molecule has 1 saturated carbocycles.